The highest BCUT2D eigenvalue weighted by molar-refractivity contribution is 9.09. The van der Waals surface area contributed by atoms with Crippen molar-refractivity contribution < 1.29 is 4.79 Å². The second-order valence-electron chi connectivity index (χ2n) is 4.11. The standard InChI is InChI=1S/C11H20BrNO/c1-3-9(2)11(14)13(8-7-12)10-5-4-6-10/h9-10H,3-8H2,1-2H3. The number of amides is 1. The molecule has 1 rings (SSSR count). The van der Waals surface area contributed by atoms with E-state index in [-0.39, 0.29) is 5.92 Å². The van der Waals surface area contributed by atoms with Crippen molar-refractivity contribution in [1.29, 1.82) is 0 Å². The van der Waals surface area contributed by atoms with E-state index in [1.807, 2.05) is 6.92 Å². The SMILES string of the molecule is CCC(C)C(=O)N(CCBr)C1CCC1. The molecule has 3 heteroatoms. The van der Waals surface area contributed by atoms with E-state index in [0.717, 1.165) is 18.3 Å². The zero-order chi connectivity index (χ0) is 10.6. The third kappa shape index (κ3) is 2.72. The van der Waals surface area contributed by atoms with Gasteiger partial charge in [-0.3, -0.25) is 4.79 Å². The van der Waals surface area contributed by atoms with Crippen LogP contribution in [-0.2, 0) is 4.79 Å². The Bertz CT molecular complexity index is 192. The van der Waals surface area contributed by atoms with Crippen LogP contribution < -0.4 is 0 Å². The third-order valence-electron chi connectivity index (χ3n) is 3.16. The predicted octanol–water partition coefficient (Wildman–Crippen LogP) is 2.81. The Balaban J connectivity index is 2.51. The van der Waals surface area contributed by atoms with Crippen LogP contribution in [0.25, 0.3) is 0 Å². The van der Waals surface area contributed by atoms with E-state index in [2.05, 4.69) is 27.8 Å². The molecule has 0 spiro atoms. The number of halogens is 1. The maximum atomic E-state index is 12.0. The average Bonchev–Trinajstić information content (AvgIpc) is 2.12. The minimum Gasteiger partial charge on any atom is -0.339 e. The van der Waals surface area contributed by atoms with Crippen LogP contribution in [0.5, 0.6) is 0 Å². The van der Waals surface area contributed by atoms with E-state index in [9.17, 15) is 4.79 Å². The molecule has 1 atom stereocenters. The van der Waals surface area contributed by atoms with Gasteiger partial charge in [-0.05, 0) is 25.7 Å². The summed E-state index contributed by atoms with van der Waals surface area (Å²) in [5, 5.41) is 0.895. The van der Waals surface area contributed by atoms with Crippen molar-refractivity contribution in [2.45, 2.75) is 45.6 Å². The van der Waals surface area contributed by atoms with E-state index < -0.39 is 0 Å². The molecule has 0 aromatic carbocycles. The van der Waals surface area contributed by atoms with Crippen molar-refractivity contribution >= 4 is 21.8 Å². The van der Waals surface area contributed by atoms with Crippen molar-refractivity contribution in [1.82, 2.24) is 4.90 Å². The largest absolute Gasteiger partial charge is 0.339 e. The first-order valence-corrected chi connectivity index (χ1v) is 6.69. The molecule has 1 unspecified atom stereocenters. The number of carbonyl (C=O) groups excluding carboxylic acids is 1. The van der Waals surface area contributed by atoms with Crippen LogP contribution in [0.15, 0.2) is 0 Å². The fourth-order valence-corrected chi connectivity index (χ4v) is 2.10. The van der Waals surface area contributed by atoms with Gasteiger partial charge in [-0.25, -0.2) is 0 Å². The zero-order valence-electron chi connectivity index (χ0n) is 9.13. The number of hydrogen-bond donors (Lipinski definition) is 0. The van der Waals surface area contributed by atoms with E-state index in [1.165, 1.54) is 19.3 Å². The quantitative estimate of drug-likeness (QED) is 0.698. The average molecular weight is 262 g/mol. The fourth-order valence-electron chi connectivity index (χ4n) is 1.72. The Morgan fingerprint density at radius 1 is 1.57 bits per heavy atom. The summed E-state index contributed by atoms with van der Waals surface area (Å²) in [6, 6.07) is 0.536. The molecule has 1 saturated carbocycles. The summed E-state index contributed by atoms with van der Waals surface area (Å²) in [7, 11) is 0. The summed E-state index contributed by atoms with van der Waals surface area (Å²) in [6.45, 7) is 4.98. The summed E-state index contributed by atoms with van der Waals surface area (Å²) in [6.07, 6.45) is 4.64. The Morgan fingerprint density at radius 3 is 2.57 bits per heavy atom. The molecule has 1 amide bonds. The molecular weight excluding hydrogens is 242 g/mol. The first-order valence-electron chi connectivity index (χ1n) is 5.57. The van der Waals surface area contributed by atoms with Gasteiger partial charge in [0.15, 0.2) is 0 Å². The van der Waals surface area contributed by atoms with Gasteiger partial charge in [0.25, 0.3) is 0 Å². The first-order chi connectivity index (χ1) is 6.70. The van der Waals surface area contributed by atoms with Crippen molar-refractivity contribution in [3.8, 4) is 0 Å². The Labute approximate surface area is 95.2 Å². The number of carbonyl (C=O) groups is 1. The van der Waals surface area contributed by atoms with Crippen LogP contribution in [0.1, 0.15) is 39.5 Å². The van der Waals surface area contributed by atoms with E-state index in [0.29, 0.717) is 11.9 Å². The zero-order valence-corrected chi connectivity index (χ0v) is 10.7. The van der Waals surface area contributed by atoms with E-state index in [1.54, 1.807) is 0 Å². The summed E-state index contributed by atoms with van der Waals surface area (Å²) in [5.41, 5.74) is 0. The van der Waals surface area contributed by atoms with Gasteiger partial charge in [0, 0.05) is 23.8 Å². The molecular formula is C11H20BrNO. The van der Waals surface area contributed by atoms with Crippen LogP contribution in [0.2, 0.25) is 0 Å². The molecule has 0 aliphatic heterocycles. The molecule has 0 aromatic rings. The molecule has 0 heterocycles. The van der Waals surface area contributed by atoms with E-state index in [4.69, 9.17) is 0 Å². The molecule has 14 heavy (non-hydrogen) atoms. The van der Waals surface area contributed by atoms with Gasteiger partial charge in [0.2, 0.25) is 5.91 Å². The topological polar surface area (TPSA) is 20.3 Å². The van der Waals surface area contributed by atoms with Gasteiger partial charge in [0.05, 0.1) is 0 Å². The monoisotopic (exact) mass is 261 g/mol. The Kier molecular flexibility index (Phi) is 4.93. The van der Waals surface area contributed by atoms with Crippen LogP contribution in [-0.4, -0.2) is 28.7 Å². The summed E-state index contributed by atoms with van der Waals surface area (Å²) < 4.78 is 0. The van der Waals surface area contributed by atoms with Gasteiger partial charge < -0.3 is 4.90 Å². The minimum absolute atomic E-state index is 0.189. The molecule has 0 saturated heterocycles. The first kappa shape index (κ1) is 12.0. The number of nitrogens with zero attached hydrogens (tertiary/aromatic N) is 1. The van der Waals surface area contributed by atoms with Gasteiger partial charge in [-0.1, -0.05) is 29.8 Å². The van der Waals surface area contributed by atoms with Crippen LogP contribution in [0.4, 0.5) is 0 Å². The van der Waals surface area contributed by atoms with E-state index >= 15 is 0 Å². The second-order valence-corrected chi connectivity index (χ2v) is 4.91. The van der Waals surface area contributed by atoms with Gasteiger partial charge in [-0.2, -0.15) is 0 Å². The van der Waals surface area contributed by atoms with Crippen LogP contribution in [0, 0.1) is 5.92 Å². The van der Waals surface area contributed by atoms with Crippen LogP contribution >= 0.6 is 15.9 Å². The van der Waals surface area contributed by atoms with Crippen molar-refractivity contribution in [2.75, 3.05) is 11.9 Å². The molecule has 2 nitrogen and oxygen atoms in total. The normalized spacial score (nSPS) is 18.8. The highest BCUT2D eigenvalue weighted by Gasteiger charge is 2.29. The molecule has 1 aliphatic carbocycles. The molecule has 0 aromatic heterocycles. The van der Waals surface area contributed by atoms with Gasteiger partial charge in [0.1, 0.15) is 0 Å². The Hall–Kier alpha value is -0.0500. The predicted molar refractivity (Wildman–Crippen MR) is 62.6 cm³/mol. The lowest BCUT2D eigenvalue weighted by Gasteiger charge is -2.38. The van der Waals surface area contributed by atoms with Gasteiger partial charge in [-0.15, -0.1) is 0 Å². The lowest BCUT2D eigenvalue weighted by atomic mass is 9.90. The van der Waals surface area contributed by atoms with Crippen molar-refractivity contribution in [3.63, 3.8) is 0 Å². The maximum absolute atomic E-state index is 12.0. The van der Waals surface area contributed by atoms with Gasteiger partial charge >= 0.3 is 0 Å². The summed E-state index contributed by atoms with van der Waals surface area (Å²) >= 11 is 3.42. The number of rotatable bonds is 5. The third-order valence-corrected chi connectivity index (χ3v) is 3.51. The smallest absolute Gasteiger partial charge is 0.225 e. The highest BCUT2D eigenvalue weighted by atomic mass is 79.9. The molecule has 1 fully saturated rings. The van der Waals surface area contributed by atoms with Crippen molar-refractivity contribution in [3.05, 3.63) is 0 Å². The molecule has 0 N–H and O–H groups in total. The second kappa shape index (κ2) is 5.74. The maximum Gasteiger partial charge on any atom is 0.225 e. The van der Waals surface area contributed by atoms with Crippen molar-refractivity contribution in [2.24, 2.45) is 5.92 Å². The Morgan fingerprint density at radius 2 is 2.21 bits per heavy atom. The molecule has 0 radical (unpaired) electrons. The summed E-state index contributed by atoms with van der Waals surface area (Å²) in [5.74, 6) is 0.534. The fraction of sp³-hybridized carbons (Fsp3) is 0.909. The lowest BCUT2D eigenvalue weighted by Crippen LogP contribution is -2.47. The minimum atomic E-state index is 0.189. The molecule has 0 bridgehead atoms. The molecule has 1 aliphatic rings. The lowest BCUT2D eigenvalue weighted by molar-refractivity contribution is -0.138. The van der Waals surface area contributed by atoms with Crippen LogP contribution in [0.3, 0.4) is 0 Å². The highest BCUT2D eigenvalue weighted by Crippen LogP contribution is 2.26. The number of hydrogen-bond acceptors (Lipinski definition) is 1. The molecule has 82 valence electrons. The summed E-state index contributed by atoms with van der Waals surface area (Å²) in [4.78, 5) is 14.1. The number of alkyl halides is 1.